The number of carbonyl (C=O) groups is 1. The van der Waals surface area contributed by atoms with E-state index >= 15 is 0 Å². The third-order valence-corrected chi connectivity index (χ3v) is 2.31. The van der Waals surface area contributed by atoms with Gasteiger partial charge in [-0.2, -0.15) is 0 Å². The van der Waals surface area contributed by atoms with E-state index in [0.29, 0.717) is 6.61 Å². The van der Waals surface area contributed by atoms with Crippen LogP contribution in [0.1, 0.15) is 19.8 Å². The maximum Gasteiger partial charge on any atom is 0.302 e. The lowest BCUT2D eigenvalue weighted by Crippen LogP contribution is -2.04. The van der Waals surface area contributed by atoms with Crippen LogP contribution in [-0.4, -0.2) is 12.6 Å². The highest BCUT2D eigenvalue weighted by atomic mass is 79.9. The first-order valence-electron chi connectivity index (χ1n) is 3.86. The smallest absolute Gasteiger partial charge is 0.302 e. The number of carbonyl (C=O) groups excluding carboxylic acids is 1. The highest BCUT2D eigenvalue weighted by Gasteiger charge is 2.05. The van der Waals surface area contributed by atoms with Crippen LogP contribution >= 0.6 is 15.9 Å². The van der Waals surface area contributed by atoms with Gasteiger partial charge < -0.3 is 4.74 Å². The van der Waals surface area contributed by atoms with Crippen LogP contribution in [0, 0.1) is 0 Å². The summed E-state index contributed by atoms with van der Waals surface area (Å²) in [6.07, 6.45) is 5.98. The fourth-order valence-electron chi connectivity index (χ4n) is 0.970. The van der Waals surface area contributed by atoms with E-state index in [1.165, 1.54) is 17.0 Å². The van der Waals surface area contributed by atoms with Crippen molar-refractivity contribution < 1.29 is 9.53 Å². The fourth-order valence-corrected chi connectivity index (χ4v) is 1.30. The Bertz CT molecular complexity index is 241. The fraction of sp³-hybridized carbons (Fsp3) is 0.444. The molecule has 0 atom stereocenters. The van der Waals surface area contributed by atoms with Crippen molar-refractivity contribution >= 4 is 21.9 Å². The second-order valence-electron chi connectivity index (χ2n) is 2.72. The van der Waals surface area contributed by atoms with Gasteiger partial charge >= 0.3 is 5.97 Å². The van der Waals surface area contributed by atoms with Crippen LogP contribution in [0.5, 0.6) is 0 Å². The standard InChI is InChI=1S/C9H11BrO2/c1-7(11)12-6-8-2-4-9(10)5-3-8/h2,4H,3,5-6H2,1H3. The minimum absolute atomic E-state index is 0.218. The Morgan fingerprint density at radius 3 is 2.83 bits per heavy atom. The van der Waals surface area contributed by atoms with Gasteiger partial charge in [0.15, 0.2) is 0 Å². The molecule has 0 N–H and O–H groups in total. The van der Waals surface area contributed by atoms with E-state index in [1.54, 1.807) is 0 Å². The van der Waals surface area contributed by atoms with Crippen LogP contribution < -0.4 is 0 Å². The van der Waals surface area contributed by atoms with Crippen LogP contribution in [0.2, 0.25) is 0 Å². The predicted octanol–water partition coefficient (Wildman–Crippen LogP) is 2.55. The number of hydrogen-bond acceptors (Lipinski definition) is 2. The van der Waals surface area contributed by atoms with Gasteiger partial charge in [-0.15, -0.1) is 0 Å². The van der Waals surface area contributed by atoms with E-state index in [2.05, 4.69) is 15.9 Å². The van der Waals surface area contributed by atoms with E-state index in [-0.39, 0.29) is 5.97 Å². The average Bonchev–Trinajstić information content (AvgIpc) is 2.03. The molecule has 66 valence electrons. The first-order chi connectivity index (χ1) is 5.68. The van der Waals surface area contributed by atoms with Crippen molar-refractivity contribution in [3.05, 3.63) is 22.2 Å². The molecule has 0 radical (unpaired) electrons. The first kappa shape index (κ1) is 9.52. The zero-order valence-corrected chi connectivity index (χ0v) is 8.56. The zero-order chi connectivity index (χ0) is 8.97. The summed E-state index contributed by atoms with van der Waals surface area (Å²) in [5.74, 6) is -0.218. The SMILES string of the molecule is CC(=O)OCC1=CC=C(Br)CC1. The monoisotopic (exact) mass is 230 g/mol. The van der Waals surface area contributed by atoms with Crippen molar-refractivity contribution in [3.8, 4) is 0 Å². The van der Waals surface area contributed by atoms with Crippen molar-refractivity contribution in [1.82, 2.24) is 0 Å². The number of ether oxygens (including phenoxy) is 1. The first-order valence-corrected chi connectivity index (χ1v) is 4.65. The van der Waals surface area contributed by atoms with E-state index < -0.39 is 0 Å². The van der Waals surface area contributed by atoms with Gasteiger partial charge in [-0.3, -0.25) is 4.79 Å². The molecule has 0 fully saturated rings. The van der Waals surface area contributed by atoms with Crippen molar-refractivity contribution in [2.24, 2.45) is 0 Å². The molecule has 0 saturated heterocycles. The van der Waals surface area contributed by atoms with Crippen molar-refractivity contribution in [3.63, 3.8) is 0 Å². The van der Waals surface area contributed by atoms with E-state index in [9.17, 15) is 4.79 Å². The van der Waals surface area contributed by atoms with Gasteiger partial charge in [0.05, 0.1) is 0 Å². The predicted molar refractivity (Wildman–Crippen MR) is 51.0 cm³/mol. The number of hydrogen-bond donors (Lipinski definition) is 0. The number of halogens is 1. The summed E-state index contributed by atoms with van der Waals surface area (Å²) in [5, 5.41) is 0. The Morgan fingerprint density at radius 1 is 1.58 bits per heavy atom. The summed E-state index contributed by atoms with van der Waals surface area (Å²) in [5.41, 5.74) is 1.17. The largest absolute Gasteiger partial charge is 0.461 e. The molecule has 0 aromatic rings. The van der Waals surface area contributed by atoms with Crippen LogP contribution in [0.4, 0.5) is 0 Å². The van der Waals surface area contributed by atoms with Gasteiger partial charge in [0.2, 0.25) is 0 Å². The molecule has 1 aliphatic rings. The maximum absolute atomic E-state index is 10.5. The van der Waals surface area contributed by atoms with Crippen molar-refractivity contribution in [1.29, 1.82) is 0 Å². The molecule has 1 aliphatic carbocycles. The summed E-state index contributed by atoms with van der Waals surface area (Å²) in [4.78, 5) is 10.5. The molecule has 0 spiro atoms. The molecule has 0 aromatic heterocycles. The summed E-state index contributed by atoms with van der Waals surface area (Å²) in [7, 11) is 0. The lowest BCUT2D eigenvalue weighted by Gasteiger charge is -2.10. The molecule has 2 nitrogen and oxygen atoms in total. The quantitative estimate of drug-likeness (QED) is 0.682. The van der Waals surface area contributed by atoms with E-state index in [4.69, 9.17) is 4.74 Å². The lowest BCUT2D eigenvalue weighted by molar-refractivity contribution is -0.140. The molecular weight excluding hydrogens is 220 g/mol. The minimum Gasteiger partial charge on any atom is -0.461 e. The van der Waals surface area contributed by atoms with Gasteiger partial charge in [-0.05, 0) is 22.9 Å². The summed E-state index contributed by atoms with van der Waals surface area (Å²) >= 11 is 3.40. The van der Waals surface area contributed by atoms with Gasteiger partial charge in [0.1, 0.15) is 6.61 Å². The molecule has 0 saturated carbocycles. The van der Waals surface area contributed by atoms with Crippen LogP contribution in [0.3, 0.4) is 0 Å². The van der Waals surface area contributed by atoms with Crippen molar-refractivity contribution in [2.75, 3.05) is 6.61 Å². The highest BCUT2D eigenvalue weighted by Crippen LogP contribution is 2.22. The zero-order valence-electron chi connectivity index (χ0n) is 6.97. The van der Waals surface area contributed by atoms with E-state index in [1.807, 2.05) is 12.2 Å². The summed E-state index contributed by atoms with van der Waals surface area (Å²) in [6, 6.07) is 0. The van der Waals surface area contributed by atoms with Gasteiger partial charge in [0.25, 0.3) is 0 Å². The molecule has 0 aromatic carbocycles. The molecule has 12 heavy (non-hydrogen) atoms. The molecule has 1 rings (SSSR count). The van der Waals surface area contributed by atoms with Crippen LogP contribution in [0.25, 0.3) is 0 Å². The van der Waals surface area contributed by atoms with Gasteiger partial charge in [0, 0.05) is 6.92 Å². The Balaban J connectivity index is 2.39. The minimum atomic E-state index is -0.218. The molecular formula is C9H11BrO2. The Hall–Kier alpha value is -0.570. The Morgan fingerprint density at radius 2 is 2.33 bits per heavy atom. The topological polar surface area (TPSA) is 26.3 Å². The molecule has 3 heteroatoms. The number of esters is 1. The Kier molecular flexibility index (Phi) is 3.53. The Labute approximate surface area is 80.4 Å². The maximum atomic E-state index is 10.5. The van der Waals surface area contributed by atoms with E-state index in [0.717, 1.165) is 12.8 Å². The van der Waals surface area contributed by atoms with Gasteiger partial charge in [-0.1, -0.05) is 28.1 Å². The van der Waals surface area contributed by atoms with Crippen LogP contribution in [-0.2, 0) is 9.53 Å². The van der Waals surface area contributed by atoms with Crippen LogP contribution in [0.15, 0.2) is 22.2 Å². The second kappa shape index (κ2) is 4.45. The third-order valence-electron chi connectivity index (χ3n) is 1.65. The number of rotatable bonds is 2. The lowest BCUT2D eigenvalue weighted by atomic mass is 10.1. The molecule has 0 amide bonds. The molecule has 0 heterocycles. The molecule has 0 bridgehead atoms. The highest BCUT2D eigenvalue weighted by molar-refractivity contribution is 9.11. The molecule has 0 unspecified atom stereocenters. The second-order valence-corrected chi connectivity index (χ2v) is 3.74. The van der Waals surface area contributed by atoms with Gasteiger partial charge in [-0.25, -0.2) is 0 Å². The summed E-state index contributed by atoms with van der Waals surface area (Å²) in [6.45, 7) is 1.86. The normalized spacial score (nSPS) is 16.5. The summed E-state index contributed by atoms with van der Waals surface area (Å²) < 4.78 is 6.07. The third kappa shape index (κ3) is 3.22. The van der Waals surface area contributed by atoms with Crippen molar-refractivity contribution in [2.45, 2.75) is 19.8 Å². The number of allylic oxidation sites excluding steroid dienone is 3. The molecule has 0 aliphatic heterocycles. The average molecular weight is 231 g/mol.